The number of nitrogens with one attached hydrogen (secondary N) is 1. The number of nitrogens with zero attached hydrogens (tertiary/aromatic N) is 2. The Hall–Kier alpha value is -3.03. The van der Waals surface area contributed by atoms with Gasteiger partial charge in [0, 0.05) is 6.20 Å². The topological polar surface area (TPSA) is 94.4 Å². The number of aromatic nitrogens is 1. The van der Waals surface area contributed by atoms with Crippen molar-refractivity contribution >= 4 is 23.0 Å². The Morgan fingerprint density at radius 2 is 2.18 bits per heavy atom. The average molecular weight is 305 g/mol. The molecule has 1 heterocycles. The van der Waals surface area contributed by atoms with Crippen molar-refractivity contribution < 1.29 is 18.8 Å². The van der Waals surface area contributed by atoms with Crippen LogP contribution in [0.2, 0.25) is 0 Å². The molecule has 1 N–H and O–H groups in total. The van der Waals surface area contributed by atoms with E-state index < -0.39 is 16.7 Å². The monoisotopic (exact) mass is 305 g/mol. The minimum absolute atomic E-state index is 0.00217. The number of carbonyl (C=O) groups excluding carboxylic acids is 1. The molecule has 0 aliphatic carbocycles. The standard InChI is InChI=1S/C14H12FN3O4/c1-2-22-14(19)9-3-4-11(10(15)7-9)17-12-5-6-16-8-13(12)18(20)21/h3-8H,2H2,1H3,(H,16,17). The van der Waals surface area contributed by atoms with Crippen LogP contribution < -0.4 is 5.32 Å². The summed E-state index contributed by atoms with van der Waals surface area (Å²) in [4.78, 5) is 25.4. The number of benzene rings is 1. The Kier molecular flexibility index (Phi) is 4.62. The highest BCUT2D eigenvalue weighted by Gasteiger charge is 2.16. The first-order valence-electron chi connectivity index (χ1n) is 6.35. The van der Waals surface area contributed by atoms with Crippen molar-refractivity contribution in [2.45, 2.75) is 6.92 Å². The van der Waals surface area contributed by atoms with Crippen LogP contribution in [0.5, 0.6) is 0 Å². The molecule has 0 aliphatic heterocycles. The Bertz CT molecular complexity index is 721. The molecular formula is C14H12FN3O4. The van der Waals surface area contributed by atoms with E-state index in [2.05, 4.69) is 10.3 Å². The summed E-state index contributed by atoms with van der Waals surface area (Å²) in [5.41, 5.74) is -0.115. The van der Waals surface area contributed by atoms with Crippen LogP contribution in [0, 0.1) is 15.9 Å². The fourth-order valence-corrected chi connectivity index (χ4v) is 1.74. The summed E-state index contributed by atoms with van der Waals surface area (Å²) in [7, 11) is 0. The smallest absolute Gasteiger partial charge is 0.338 e. The van der Waals surface area contributed by atoms with E-state index in [0.29, 0.717) is 0 Å². The van der Waals surface area contributed by atoms with Gasteiger partial charge in [-0.15, -0.1) is 0 Å². The summed E-state index contributed by atoms with van der Waals surface area (Å²) < 4.78 is 18.8. The number of halogens is 1. The highest BCUT2D eigenvalue weighted by Crippen LogP contribution is 2.27. The van der Waals surface area contributed by atoms with Crippen molar-refractivity contribution in [1.29, 1.82) is 0 Å². The molecule has 0 bridgehead atoms. The summed E-state index contributed by atoms with van der Waals surface area (Å²) >= 11 is 0. The van der Waals surface area contributed by atoms with Gasteiger partial charge in [-0.1, -0.05) is 0 Å². The lowest BCUT2D eigenvalue weighted by atomic mass is 10.2. The van der Waals surface area contributed by atoms with E-state index >= 15 is 0 Å². The third-order valence-electron chi connectivity index (χ3n) is 2.75. The number of anilines is 2. The molecule has 8 heteroatoms. The maximum atomic E-state index is 14.0. The maximum Gasteiger partial charge on any atom is 0.338 e. The van der Waals surface area contributed by atoms with Crippen molar-refractivity contribution in [3.63, 3.8) is 0 Å². The Labute approximate surface area is 124 Å². The normalized spacial score (nSPS) is 10.1. The number of esters is 1. The number of nitro groups is 1. The lowest BCUT2D eigenvalue weighted by molar-refractivity contribution is -0.384. The van der Waals surface area contributed by atoms with Crippen LogP contribution in [0.3, 0.4) is 0 Å². The van der Waals surface area contributed by atoms with Gasteiger partial charge in [-0.2, -0.15) is 0 Å². The summed E-state index contributed by atoms with van der Waals surface area (Å²) in [6.07, 6.45) is 2.41. The predicted molar refractivity (Wildman–Crippen MR) is 76.5 cm³/mol. The Morgan fingerprint density at radius 1 is 1.41 bits per heavy atom. The first-order valence-corrected chi connectivity index (χ1v) is 6.35. The SMILES string of the molecule is CCOC(=O)c1ccc(Nc2ccncc2[N+](=O)[O-])c(F)c1. The number of hydrogen-bond acceptors (Lipinski definition) is 6. The summed E-state index contributed by atoms with van der Waals surface area (Å²) in [6.45, 7) is 1.83. The minimum atomic E-state index is -0.725. The molecule has 114 valence electrons. The second-order valence-electron chi connectivity index (χ2n) is 4.19. The molecule has 0 atom stereocenters. The van der Waals surface area contributed by atoms with Gasteiger partial charge in [0.1, 0.15) is 17.7 Å². The predicted octanol–water partition coefficient (Wildman–Crippen LogP) is 3.05. The Balaban J connectivity index is 2.28. The molecule has 1 aromatic heterocycles. The highest BCUT2D eigenvalue weighted by molar-refractivity contribution is 5.90. The summed E-state index contributed by atoms with van der Waals surface area (Å²) in [5, 5.41) is 13.5. The zero-order chi connectivity index (χ0) is 16.1. The molecule has 2 rings (SSSR count). The van der Waals surface area contributed by atoms with Crippen LogP contribution in [-0.2, 0) is 4.74 Å². The van der Waals surface area contributed by atoms with Crippen LogP contribution in [0.25, 0.3) is 0 Å². The second-order valence-corrected chi connectivity index (χ2v) is 4.19. The molecular weight excluding hydrogens is 293 g/mol. The molecule has 0 fully saturated rings. The zero-order valence-electron chi connectivity index (χ0n) is 11.6. The third kappa shape index (κ3) is 3.35. The van der Waals surface area contributed by atoms with Crippen LogP contribution in [0.1, 0.15) is 17.3 Å². The van der Waals surface area contributed by atoms with Crippen molar-refractivity contribution in [3.8, 4) is 0 Å². The van der Waals surface area contributed by atoms with Crippen LogP contribution in [0.4, 0.5) is 21.5 Å². The van der Waals surface area contributed by atoms with E-state index in [1.807, 2.05) is 0 Å². The van der Waals surface area contributed by atoms with Gasteiger partial charge in [0.05, 0.1) is 22.8 Å². The summed E-state index contributed by atoms with van der Waals surface area (Å²) in [5.74, 6) is -1.36. The van der Waals surface area contributed by atoms with Gasteiger partial charge in [-0.25, -0.2) is 9.18 Å². The number of ether oxygens (including phenoxy) is 1. The lowest BCUT2D eigenvalue weighted by Crippen LogP contribution is -2.06. The van der Waals surface area contributed by atoms with E-state index in [9.17, 15) is 19.3 Å². The van der Waals surface area contributed by atoms with Gasteiger partial charge in [-0.05, 0) is 31.2 Å². The largest absolute Gasteiger partial charge is 0.462 e. The van der Waals surface area contributed by atoms with Gasteiger partial charge in [-0.3, -0.25) is 15.1 Å². The van der Waals surface area contributed by atoms with Gasteiger partial charge in [0.25, 0.3) is 0 Å². The fraction of sp³-hybridized carbons (Fsp3) is 0.143. The quantitative estimate of drug-likeness (QED) is 0.518. The van der Waals surface area contributed by atoms with E-state index in [0.717, 1.165) is 12.3 Å². The molecule has 0 aliphatic rings. The van der Waals surface area contributed by atoms with Gasteiger partial charge in [0.15, 0.2) is 0 Å². The van der Waals surface area contributed by atoms with E-state index in [-0.39, 0.29) is 29.2 Å². The van der Waals surface area contributed by atoms with Crippen molar-refractivity contribution in [1.82, 2.24) is 4.98 Å². The number of carbonyl (C=O) groups is 1. The molecule has 0 unspecified atom stereocenters. The highest BCUT2D eigenvalue weighted by atomic mass is 19.1. The average Bonchev–Trinajstić information content (AvgIpc) is 2.50. The molecule has 0 saturated heterocycles. The van der Waals surface area contributed by atoms with Gasteiger partial charge in [0.2, 0.25) is 0 Å². The molecule has 0 spiro atoms. The first kappa shape index (κ1) is 15.4. The van der Waals surface area contributed by atoms with E-state index in [1.165, 1.54) is 24.4 Å². The third-order valence-corrected chi connectivity index (χ3v) is 2.75. The first-order chi connectivity index (χ1) is 10.5. The van der Waals surface area contributed by atoms with Crippen molar-refractivity contribution in [2.24, 2.45) is 0 Å². The summed E-state index contributed by atoms with van der Waals surface area (Å²) in [6, 6.07) is 5.05. The van der Waals surface area contributed by atoms with E-state index in [1.54, 1.807) is 6.92 Å². The molecule has 0 saturated carbocycles. The van der Waals surface area contributed by atoms with Crippen LogP contribution in [0.15, 0.2) is 36.7 Å². The number of rotatable bonds is 5. The van der Waals surface area contributed by atoms with Gasteiger partial charge < -0.3 is 10.1 Å². The molecule has 0 radical (unpaired) electrons. The van der Waals surface area contributed by atoms with Crippen molar-refractivity contribution in [3.05, 3.63) is 58.2 Å². The molecule has 22 heavy (non-hydrogen) atoms. The lowest BCUT2D eigenvalue weighted by Gasteiger charge is -2.09. The maximum absolute atomic E-state index is 14.0. The van der Waals surface area contributed by atoms with Gasteiger partial charge >= 0.3 is 11.7 Å². The van der Waals surface area contributed by atoms with Crippen LogP contribution >= 0.6 is 0 Å². The molecule has 2 aromatic rings. The second kappa shape index (κ2) is 6.61. The fourth-order valence-electron chi connectivity index (χ4n) is 1.74. The number of pyridine rings is 1. The number of hydrogen-bond donors (Lipinski definition) is 1. The molecule has 7 nitrogen and oxygen atoms in total. The molecule has 0 amide bonds. The van der Waals surface area contributed by atoms with Crippen LogP contribution in [-0.4, -0.2) is 22.5 Å². The zero-order valence-corrected chi connectivity index (χ0v) is 11.6. The Morgan fingerprint density at radius 3 is 2.82 bits per heavy atom. The molecule has 1 aromatic carbocycles. The minimum Gasteiger partial charge on any atom is -0.462 e. The van der Waals surface area contributed by atoms with E-state index in [4.69, 9.17) is 4.74 Å². The van der Waals surface area contributed by atoms with Crippen molar-refractivity contribution in [2.75, 3.05) is 11.9 Å².